The van der Waals surface area contributed by atoms with Crippen molar-refractivity contribution in [3.8, 4) is 11.8 Å². The van der Waals surface area contributed by atoms with Crippen LogP contribution in [0.1, 0.15) is 16.1 Å². The normalized spacial score (nSPS) is 10.0. The van der Waals surface area contributed by atoms with Crippen molar-refractivity contribution < 1.29 is 14.8 Å². The maximum Gasteiger partial charge on any atom is 0.338 e. The molecule has 0 bridgehead atoms. The van der Waals surface area contributed by atoms with Crippen LogP contribution in [0.25, 0.3) is 5.69 Å². The van der Waals surface area contributed by atoms with Crippen LogP contribution in [-0.4, -0.2) is 20.6 Å². The number of nitro benzene ring substituents is 1. The highest BCUT2D eigenvalue weighted by atomic mass is 35.5. The van der Waals surface area contributed by atoms with Gasteiger partial charge < -0.3 is 9.67 Å². The quantitative estimate of drug-likeness (QED) is 0.690. The summed E-state index contributed by atoms with van der Waals surface area (Å²) < 4.78 is 1.27. The first kappa shape index (κ1) is 13.6. The molecule has 0 aliphatic rings. The van der Waals surface area contributed by atoms with Gasteiger partial charge in [-0.15, -0.1) is 0 Å². The summed E-state index contributed by atoms with van der Waals surface area (Å²) in [5.74, 6) is -1.37. The van der Waals surface area contributed by atoms with Crippen LogP contribution in [0.15, 0.2) is 30.5 Å². The summed E-state index contributed by atoms with van der Waals surface area (Å²) >= 11 is 5.95. The number of nitro groups is 1. The highest BCUT2D eigenvalue weighted by molar-refractivity contribution is 6.33. The average molecular weight is 292 g/mol. The van der Waals surface area contributed by atoms with Gasteiger partial charge in [0.15, 0.2) is 0 Å². The van der Waals surface area contributed by atoms with Crippen LogP contribution < -0.4 is 0 Å². The molecule has 0 amide bonds. The molecular weight excluding hydrogens is 286 g/mol. The number of carboxylic acid groups (broad SMARTS) is 1. The molecule has 8 heteroatoms. The van der Waals surface area contributed by atoms with E-state index < -0.39 is 16.6 Å². The Bertz CT molecular complexity index is 761. The molecule has 20 heavy (non-hydrogen) atoms. The number of rotatable bonds is 3. The van der Waals surface area contributed by atoms with E-state index in [1.165, 1.54) is 16.8 Å². The van der Waals surface area contributed by atoms with Gasteiger partial charge in [0.25, 0.3) is 5.69 Å². The molecule has 0 radical (unpaired) electrons. The number of benzene rings is 1. The van der Waals surface area contributed by atoms with Gasteiger partial charge in [-0.1, -0.05) is 11.6 Å². The summed E-state index contributed by atoms with van der Waals surface area (Å²) in [5, 5.41) is 28.8. The first-order valence-corrected chi connectivity index (χ1v) is 5.62. The fourth-order valence-electron chi connectivity index (χ4n) is 1.76. The summed E-state index contributed by atoms with van der Waals surface area (Å²) in [6, 6.07) is 6.86. The Hall–Kier alpha value is -2.85. The number of hydrogen-bond donors (Lipinski definition) is 1. The van der Waals surface area contributed by atoms with Gasteiger partial charge in [-0.25, -0.2) is 4.79 Å². The van der Waals surface area contributed by atoms with Crippen LogP contribution in [-0.2, 0) is 0 Å². The molecule has 0 atom stereocenters. The van der Waals surface area contributed by atoms with E-state index in [4.69, 9.17) is 16.9 Å². The van der Waals surface area contributed by atoms with Crippen LogP contribution in [0, 0.1) is 21.4 Å². The number of nitriles is 1. The molecule has 1 aromatic carbocycles. The Morgan fingerprint density at radius 2 is 2.20 bits per heavy atom. The van der Waals surface area contributed by atoms with E-state index in [0.717, 1.165) is 12.1 Å². The maximum atomic E-state index is 11.3. The Labute approximate surface area is 117 Å². The minimum Gasteiger partial charge on any atom is -0.478 e. The SMILES string of the molecule is N#Cc1cccn1-c1c(Cl)cc([N+](=O)[O-])cc1C(=O)O. The fraction of sp³-hybridized carbons (Fsp3) is 0. The topological polar surface area (TPSA) is 109 Å². The van der Waals surface area contributed by atoms with Crippen molar-refractivity contribution in [3.63, 3.8) is 0 Å². The monoisotopic (exact) mass is 291 g/mol. The molecule has 0 saturated carbocycles. The van der Waals surface area contributed by atoms with E-state index in [1.54, 1.807) is 6.07 Å². The zero-order valence-corrected chi connectivity index (χ0v) is 10.5. The molecule has 0 aliphatic heterocycles. The highest BCUT2D eigenvalue weighted by Gasteiger charge is 2.22. The van der Waals surface area contributed by atoms with Gasteiger partial charge >= 0.3 is 5.97 Å². The molecule has 1 heterocycles. The van der Waals surface area contributed by atoms with Crippen molar-refractivity contribution in [2.45, 2.75) is 0 Å². The number of nitrogens with zero attached hydrogens (tertiary/aromatic N) is 3. The van der Waals surface area contributed by atoms with Crippen LogP contribution in [0.4, 0.5) is 5.69 Å². The zero-order chi connectivity index (χ0) is 14.9. The first-order chi connectivity index (χ1) is 9.45. The molecule has 7 nitrogen and oxygen atoms in total. The van der Waals surface area contributed by atoms with Gasteiger partial charge in [0.2, 0.25) is 0 Å². The second-order valence-corrected chi connectivity index (χ2v) is 4.17. The lowest BCUT2D eigenvalue weighted by Gasteiger charge is -2.11. The van der Waals surface area contributed by atoms with E-state index >= 15 is 0 Å². The van der Waals surface area contributed by atoms with Crippen molar-refractivity contribution in [1.82, 2.24) is 4.57 Å². The third kappa shape index (κ3) is 2.20. The molecule has 0 saturated heterocycles. The van der Waals surface area contributed by atoms with E-state index in [1.807, 2.05) is 6.07 Å². The molecule has 2 rings (SSSR count). The number of non-ortho nitro benzene ring substituents is 1. The van der Waals surface area contributed by atoms with Gasteiger partial charge in [0.05, 0.1) is 21.2 Å². The zero-order valence-electron chi connectivity index (χ0n) is 9.78. The smallest absolute Gasteiger partial charge is 0.338 e. The number of carboxylic acids is 1. The summed E-state index contributed by atoms with van der Waals surface area (Å²) in [6.07, 6.45) is 1.46. The molecule has 0 aliphatic carbocycles. The molecule has 2 aromatic rings. The van der Waals surface area contributed by atoms with E-state index in [0.29, 0.717) is 0 Å². The lowest BCUT2D eigenvalue weighted by Crippen LogP contribution is -2.08. The minimum atomic E-state index is -1.37. The Balaban J connectivity index is 2.80. The number of carbonyl (C=O) groups is 1. The first-order valence-electron chi connectivity index (χ1n) is 5.24. The largest absolute Gasteiger partial charge is 0.478 e. The van der Waals surface area contributed by atoms with Gasteiger partial charge in [-0.2, -0.15) is 5.26 Å². The predicted molar refractivity (Wildman–Crippen MR) is 69.1 cm³/mol. The van der Waals surface area contributed by atoms with Gasteiger partial charge in [0.1, 0.15) is 11.8 Å². The highest BCUT2D eigenvalue weighted by Crippen LogP contribution is 2.31. The summed E-state index contributed by atoms with van der Waals surface area (Å²) in [5.41, 5.74) is -0.590. The second-order valence-electron chi connectivity index (χ2n) is 3.76. The van der Waals surface area contributed by atoms with Crippen molar-refractivity contribution >= 4 is 23.3 Å². The number of halogens is 1. The number of aromatic carboxylic acids is 1. The van der Waals surface area contributed by atoms with Gasteiger partial charge in [-0.05, 0) is 12.1 Å². The van der Waals surface area contributed by atoms with Crippen LogP contribution in [0.3, 0.4) is 0 Å². The third-order valence-electron chi connectivity index (χ3n) is 2.59. The summed E-state index contributed by atoms with van der Waals surface area (Å²) in [4.78, 5) is 21.3. The van der Waals surface area contributed by atoms with Gasteiger partial charge in [-0.3, -0.25) is 10.1 Å². The third-order valence-corrected chi connectivity index (χ3v) is 2.88. The standard InChI is InChI=1S/C12H6ClN3O4/c13-10-5-8(16(19)20)4-9(12(17)18)11(10)15-3-1-2-7(15)6-14/h1-5H,(H,17,18). The lowest BCUT2D eigenvalue weighted by atomic mass is 10.1. The van der Waals surface area contributed by atoms with E-state index in [2.05, 4.69) is 0 Å². The van der Waals surface area contributed by atoms with Crippen molar-refractivity contribution in [2.75, 3.05) is 0 Å². The van der Waals surface area contributed by atoms with Crippen LogP contribution in [0.5, 0.6) is 0 Å². The minimum absolute atomic E-state index is 0.0197. The number of aromatic nitrogens is 1. The van der Waals surface area contributed by atoms with Crippen LogP contribution >= 0.6 is 11.6 Å². The predicted octanol–water partition coefficient (Wildman–Crippen LogP) is 2.61. The van der Waals surface area contributed by atoms with Gasteiger partial charge in [0, 0.05) is 18.3 Å². The molecular formula is C12H6ClN3O4. The molecule has 1 N–H and O–H groups in total. The lowest BCUT2D eigenvalue weighted by molar-refractivity contribution is -0.384. The molecule has 100 valence electrons. The van der Waals surface area contributed by atoms with E-state index in [-0.39, 0.29) is 22.0 Å². The maximum absolute atomic E-state index is 11.3. The Morgan fingerprint density at radius 1 is 1.50 bits per heavy atom. The van der Waals surface area contributed by atoms with Crippen molar-refractivity contribution in [2.24, 2.45) is 0 Å². The van der Waals surface area contributed by atoms with E-state index in [9.17, 15) is 20.0 Å². The second kappa shape index (κ2) is 5.03. The number of hydrogen-bond acceptors (Lipinski definition) is 4. The average Bonchev–Trinajstić information content (AvgIpc) is 2.85. The molecule has 0 spiro atoms. The molecule has 0 fully saturated rings. The summed E-state index contributed by atoms with van der Waals surface area (Å²) in [7, 11) is 0. The van der Waals surface area contributed by atoms with Crippen molar-refractivity contribution in [3.05, 3.63) is 56.9 Å². The molecule has 1 aromatic heterocycles. The molecule has 0 unspecified atom stereocenters. The Kier molecular flexibility index (Phi) is 3.41. The Morgan fingerprint density at radius 3 is 2.75 bits per heavy atom. The van der Waals surface area contributed by atoms with Crippen LogP contribution in [0.2, 0.25) is 5.02 Å². The summed E-state index contributed by atoms with van der Waals surface area (Å²) in [6.45, 7) is 0. The van der Waals surface area contributed by atoms with Crippen molar-refractivity contribution in [1.29, 1.82) is 5.26 Å². The fourth-order valence-corrected chi connectivity index (χ4v) is 2.07.